The van der Waals surface area contributed by atoms with Crippen molar-refractivity contribution in [3.8, 4) is 11.5 Å². The van der Waals surface area contributed by atoms with E-state index < -0.39 is 0 Å². The number of aromatic nitrogens is 3. The van der Waals surface area contributed by atoms with Crippen molar-refractivity contribution in [1.29, 1.82) is 0 Å². The number of methoxy groups -OCH3 is 1. The third-order valence-corrected chi connectivity index (χ3v) is 5.94. The molecule has 1 amide bonds. The first kappa shape index (κ1) is 23.7. The van der Waals surface area contributed by atoms with Gasteiger partial charge in [0.25, 0.3) is 0 Å². The number of hydrogen-bond acceptors (Lipinski definition) is 6. The van der Waals surface area contributed by atoms with Crippen LogP contribution in [0.5, 0.6) is 11.5 Å². The Morgan fingerprint density at radius 2 is 1.75 bits per heavy atom. The molecule has 0 aliphatic carbocycles. The second kappa shape index (κ2) is 10.5. The van der Waals surface area contributed by atoms with Crippen LogP contribution < -0.4 is 14.8 Å². The summed E-state index contributed by atoms with van der Waals surface area (Å²) in [5, 5.41) is 12.1. The Labute approximate surface area is 193 Å². The van der Waals surface area contributed by atoms with E-state index in [0.29, 0.717) is 22.5 Å². The van der Waals surface area contributed by atoms with Crippen LogP contribution in [0.25, 0.3) is 0 Å². The minimum absolute atomic E-state index is 0.0845. The average Bonchev–Trinajstić information content (AvgIpc) is 3.18. The number of benzene rings is 2. The predicted octanol–water partition coefficient (Wildman–Crippen LogP) is 5.44. The Morgan fingerprint density at radius 3 is 2.41 bits per heavy atom. The average molecular weight is 455 g/mol. The second-order valence-electron chi connectivity index (χ2n) is 7.83. The van der Waals surface area contributed by atoms with Gasteiger partial charge in [-0.25, -0.2) is 0 Å². The summed E-state index contributed by atoms with van der Waals surface area (Å²) in [5.74, 6) is 1.91. The van der Waals surface area contributed by atoms with Gasteiger partial charge >= 0.3 is 0 Å². The molecular formula is C24H30N4O3S. The lowest BCUT2D eigenvalue weighted by Crippen LogP contribution is -2.23. The summed E-state index contributed by atoms with van der Waals surface area (Å²) >= 11 is 1.38. The summed E-state index contributed by atoms with van der Waals surface area (Å²) < 4.78 is 13.5. The molecule has 2 unspecified atom stereocenters. The van der Waals surface area contributed by atoms with Crippen molar-refractivity contribution < 1.29 is 14.3 Å². The normalized spacial score (nSPS) is 13.0. The summed E-state index contributed by atoms with van der Waals surface area (Å²) in [4.78, 5) is 12.7. The van der Waals surface area contributed by atoms with E-state index in [1.54, 1.807) is 7.11 Å². The molecule has 7 nitrogen and oxygen atoms in total. The highest BCUT2D eigenvalue weighted by molar-refractivity contribution is 8.00. The van der Waals surface area contributed by atoms with Crippen molar-refractivity contribution in [2.45, 2.75) is 57.2 Å². The molecule has 0 saturated heterocycles. The van der Waals surface area contributed by atoms with Crippen LogP contribution in [0.2, 0.25) is 0 Å². The number of para-hydroxylation sites is 2. The number of anilines is 1. The van der Waals surface area contributed by atoms with Gasteiger partial charge in [-0.05, 0) is 64.4 Å². The van der Waals surface area contributed by atoms with E-state index in [4.69, 9.17) is 9.47 Å². The molecule has 32 heavy (non-hydrogen) atoms. The highest BCUT2D eigenvalue weighted by Crippen LogP contribution is 2.33. The van der Waals surface area contributed by atoms with Gasteiger partial charge in [-0.15, -0.1) is 10.2 Å². The van der Waals surface area contributed by atoms with Crippen molar-refractivity contribution in [1.82, 2.24) is 14.8 Å². The van der Waals surface area contributed by atoms with Crippen LogP contribution in [0.15, 0.2) is 53.7 Å². The summed E-state index contributed by atoms with van der Waals surface area (Å²) in [5.41, 5.74) is 1.88. The summed E-state index contributed by atoms with van der Waals surface area (Å²) in [6, 6.07) is 15.3. The summed E-state index contributed by atoms with van der Waals surface area (Å²) in [6.07, 6.45) is -0.355. The van der Waals surface area contributed by atoms with E-state index in [-0.39, 0.29) is 23.3 Å². The molecule has 0 bridgehead atoms. The molecule has 1 heterocycles. The lowest BCUT2D eigenvalue weighted by Gasteiger charge is -2.20. The largest absolute Gasteiger partial charge is 0.493 e. The molecular weight excluding hydrogens is 424 g/mol. The highest BCUT2D eigenvalue weighted by Gasteiger charge is 2.25. The number of carbonyl (C=O) groups is 1. The monoisotopic (exact) mass is 454 g/mol. The molecule has 1 aromatic heterocycles. The second-order valence-corrected chi connectivity index (χ2v) is 9.14. The number of nitrogens with one attached hydrogen (secondary N) is 1. The Morgan fingerprint density at radius 1 is 1.03 bits per heavy atom. The first-order valence-corrected chi connectivity index (χ1v) is 11.5. The molecule has 3 rings (SSSR count). The van der Waals surface area contributed by atoms with Gasteiger partial charge in [0, 0.05) is 11.7 Å². The van der Waals surface area contributed by atoms with Gasteiger partial charge in [0.15, 0.2) is 28.6 Å². The van der Waals surface area contributed by atoms with E-state index in [1.807, 2.05) is 73.9 Å². The Hall–Kier alpha value is -3.00. The number of nitrogens with zero attached hydrogens (tertiary/aromatic N) is 3. The van der Waals surface area contributed by atoms with E-state index in [9.17, 15) is 4.79 Å². The molecule has 0 saturated carbocycles. The number of ether oxygens (including phenoxy) is 2. The number of carbonyl (C=O) groups excluding carboxylic acids is 1. The van der Waals surface area contributed by atoms with E-state index in [0.717, 1.165) is 11.3 Å². The SMILES string of the molecule is COc1ccccc1OC(C)c1nnc(SC(C)C(=O)Nc2cccc(C)c2)n1C(C)C. The number of thioether (sulfide) groups is 1. The standard InChI is InChI=1S/C24H30N4O3S/c1-15(2)28-22(17(4)31-21-13-8-7-12-20(21)30-6)26-27-24(28)32-18(5)23(29)25-19-11-9-10-16(3)14-19/h7-15,17-18H,1-6H3,(H,25,29). The van der Waals surface area contributed by atoms with Crippen molar-refractivity contribution in [3.63, 3.8) is 0 Å². The molecule has 0 radical (unpaired) electrons. The fourth-order valence-corrected chi connectivity index (χ4v) is 4.26. The maximum absolute atomic E-state index is 12.7. The van der Waals surface area contributed by atoms with Gasteiger partial charge < -0.3 is 19.4 Å². The predicted molar refractivity (Wildman–Crippen MR) is 128 cm³/mol. The maximum Gasteiger partial charge on any atom is 0.237 e. The number of hydrogen-bond donors (Lipinski definition) is 1. The van der Waals surface area contributed by atoms with Gasteiger partial charge in [-0.2, -0.15) is 0 Å². The number of rotatable bonds is 9. The number of amides is 1. The van der Waals surface area contributed by atoms with Crippen LogP contribution >= 0.6 is 11.8 Å². The molecule has 1 N–H and O–H groups in total. The van der Waals surface area contributed by atoms with Crippen LogP contribution in [0.1, 0.15) is 51.2 Å². The summed E-state index contributed by atoms with van der Waals surface area (Å²) in [6.45, 7) is 9.91. The molecule has 170 valence electrons. The van der Waals surface area contributed by atoms with Crippen LogP contribution in [0, 0.1) is 6.92 Å². The zero-order valence-electron chi connectivity index (χ0n) is 19.3. The first-order valence-electron chi connectivity index (χ1n) is 10.6. The fraction of sp³-hybridized carbons (Fsp3) is 0.375. The fourth-order valence-electron chi connectivity index (χ4n) is 3.27. The van der Waals surface area contributed by atoms with Crippen LogP contribution in [0.3, 0.4) is 0 Å². The third kappa shape index (κ3) is 5.62. The Balaban J connectivity index is 1.76. The molecule has 2 atom stereocenters. The maximum atomic E-state index is 12.7. The zero-order chi connectivity index (χ0) is 23.3. The molecule has 0 spiro atoms. The summed E-state index contributed by atoms with van der Waals surface area (Å²) in [7, 11) is 1.61. The molecule has 0 aliphatic heterocycles. The minimum Gasteiger partial charge on any atom is -0.493 e. The van der Waals surface area contributed by atoms with Crippen molar-refractivity contribution in [3.05, 3.63) is 59.9 Å². The van der Waals surface area contributed by atoms with E-state index in [1.165, 1.54) is 11.8 Å². The van der Waals surface area contributed by atoms with Gasteiger partial charge in [0.05, 0.1) is 12.4 Å². The van der Waals surface area contributed by atoms with Crippen molar-refractivity contribution in [2.24, 2.45) is 0 Å². The molecule has 2 aromatic carbocycles. The topological polar surface area (TPSA) is 78.3 Å². The molecule has 0 aliphatic rings. The number of aryl methyl sites for hydroxylation is 1. The smallest absolute Gasteiger partial charge is 0.237 e. The van der Waals surface area contributed by atoms with E-state index in [2.05, 4.69) is 29.4 Å². The zero-order valence-corrected chi connectivity index (χ0v) is 20.1. The minimum atomic E-state index is -0.355. The van der Waals surface area contributed by atoms with Gasteiger partial charge in [-0.1, -0.05) is 36.0 Å². The lowest BCUT2D eigenvalue weighted by atomic mass is 10.2. The molecule has 8 heteroatoms. The highest BCUT2D eigenvalue weighted by atomic mass is 32.2. The van der Waals surface area contributed by atoms with Crippen LogP contribution in [-0.4, -0.2) is 33.0 Å². The van der Waals surface area contributed by atoms with Gasteiger partial charge in [0.2, 0.25) is 5.91 Å². The first-order chi connectivity index (χ1) is 15.3. The van der Waals surface area contributed by atoms with Gasteiger partial charge in [0.1, 0.15) is 0 Å². The van der Waals surface area contributed by atoms with Crippen molar-refractivity contribution in [2.75, 3.05) is 12.4 Å². The Bertz CT molecular complexity index is 1070. The van der Waals surface area contributed by atoms with Crippen LogP contribution in [0.4, 0.5) is 5.69 Å². The van der Waals surface area contributed by atoms with Crippen molar-refractivity contribution >= 4 is 23.4 Å². The van der Waals surface area contributed by atoms with E-state index >= 15 is 0 Å². The molecule has 3 aromatic rings. The third-order valence-electron chi connectivity index (χ3n) is 4.88. The van der Waals surface area contributed by atoms with Gasteiger partial charge in [-0.3, -0.25) is 4.79 Å². The lowest BCUT2D eigenvalue weighted by molar-refractivity contribution is -0.115. The Kier molecular flexibility index (Phi) is 7.80. The van der Waals surface area contributed by atoms with Crippen LogP contribution in [-0.2, 0) is 4.79 Å². The quantitative estimate of drug-likeness (QED) is 0.434. The molecule has 0 fully saturated rings.